The van der Waals surface area contributed by atoms with E-state index in [4.69, 9.17) is 22.7 Å². The van der Waals surface area contributed by atoms with E-state index in [0.29, 0.717) is 11.6 Å². The molecule has 24 heavy (non-hydrogen) atoms. The second-order valence-electron chi connectivity index (χ2n) is 5.41. The molecule has 5 heteroatoms. The van der Waals surface area contributed by atoms with Gasteiger partial charge in [0.05, 0.1) is 17.9 Å². The van der Waals surface area contributed by atoms with Gasteiger partial charge in [0.2, 0.25) is 0 Å². The SMILES string of the molecule is CCCOc1cccc(-c2nn(-c3ccccc3)cc2C(N)=S)c1. The van der Waals surface area contributed by atoms with Crippen LogP contribution in [0.25, 0.3) is 16.9 Å². The third-order valence-electron chi connectivity index (χ3n) is 3.58. The molecule has 0 aliphatic rings. The normalized spacial score (nSPS) is 10.5. The van der Waals surface area contributed by atoms with Gasteiger partial charge in [-0.05, 0) is 30.7 Å². The number of hydrogen-bond acceptors (Lipinski definition) is 3. The molecule has 0 bridgehead atoms. The Bertz CT molecular complexity index is 843. The molecule has 3 aromatic rings. The average Bonchev–Trinajstić information content (AvgIpc) is 3.07. The second kappa shape index (κ2) is 7.27. The van der Waals surface area contributed by atoms with E-state index in [1.807, 2.05) is 60.8 Å². The largest absolute Gasteiger partial charge is 0.494 e. The van der Waals surface area contributed by atoms with Crippen molar-refractivity contribution in [1.29, 1.82) is 0 Å². The Hall–Kier alpha value is -2.66. The van der Waals surface area contributed by atoms with Gasteiger partial charge in [0, 0.05) is 11.8 Å². The molecule has 0 saturated heterocycles. The zero-order chi connectivity index (χ0) is 16.9. The van der Waals surface area contributed by atoms with Crippen molar-refractivity contribution in [2.24, 2.45) is 5.73 Å². The van der Waals surface area contributed by atoms with Crippen molar-refractivity contribution < 1.29 is 4.74 Å². The topological polar surface area (TPSA) is 53.1 Å². The first-order chi connectivity index (χ1) is 11.7. The fourth-order valence-corrected chi connectivity index (χ4v) is 2.58. The van der Waals surface area contributed by atoms with Gasteiger partial charge in [0.15, 0.2) is 0 Å². The predicted molar refractivity (Wildman–Crippen MR) is 101 cm³/mol. The molecule has 0 spiro atoms. The van der Waals surface area contributed by atoms with Crippen LogP contribution in [0.4, 0.5) is 0 Å². The Balaban J connectivity index is 2.04. The molecule has 4 nitrogen and oxygen atoms in total. The first kappa shape index (κ1) is 16.2. The molecule has 0 unspecified atom stereocenters. The Morgan fingerprint density at radius 3 is 2.67 bits per heavy atom. The Morgan fingerprint density at radius 2 is 1.96 bits per heavy atom. The number of aromatic nitrogens is 2. The van der Waals surface area contributed by atoms with Crippen LogP contribution in [0.1, 0.15) is 18.9 Å². The fourth-order valence-electron chi connectivity index (χ4n) is 2.43. The van der Waals surface area contributed by atoms with Gasteiger partial charge in [-0.1, -0.05) is 49.5 Å². The Morgan fingerprint density at radius 1 is 1.17 bits per heavy atom. The number of thiocarbonyl (C=S) groups is 1. The van der Waals surface area contributed by atoms with Gasteiger partial charge < -0.3 is 10.5 Å². The molecule has 0 amide bonds. The summed E-state index contributed by atoms with van der Waals surface area (Å²) < 4.78 is 7.51. The molecular formula is C19H19N3OS. The van der Waals surface area contributed by atoms with E-state index in [-0.39, 0.29) is 0 Å². The molecule has 1 heterocycles. The maximum atomic E-state index is 5.91. The highest BCUT2D eigenvalue weighted by molar-refractivity contribution is 7.80. The van der Waals surface area contributed by atoms with E-state index < -0.39 is 0 Å². The van der Waals surface area contributed by atoms with E-state index in [2.05, 4.69) is 12.0 Å². The minimum Gasteiger partial charge on any atom is -0.494 e. The van der Waals surface area contributed by atoms with Gasteiger partial charge in [0.1, 0.15) is 16.4 Å². The average molecular weight is 337 g/mol. The van der Waals surface area contributed by atoms with Crippen LogP contribution in [0, 0.1) is 0 Å². The number of ether oxygens (including phenoxy) is 1. The zero-order valence-corrected chi connectivity index (χ0v) is 14.3. The molecule has 0 atom stereocenters. The van der Waals surface area contributed by atoms with Crippen LogP contribution in [0.2, 0.25) is 0 Å². The standard InChI is InChI=1S/C19H19N3OS/c1-2-11-23-16-10-6-7-14(12-16)18-17(19(20)24)13-22(21-18)15-8-4-3-5-9-15/h3-10,12-13H,2,11H2,1H3,(H2,20,24). The first-order valence-electron chi connectivity index (χ1n) is 7.87. The summed E-state index contributed by atoms with van der Waals surface area (Å²) in [6.07, 6.45) is 2.83. The molecular weight excluding hydrogens is 318 g/mol. The lowest BCUT2D eigenvalue weighted by Crippen LogP contribution is -2.09. The third-order valence-corrected chi connectivity index (χ3v) is 3.80. The summed E-state index contributed by atoms with van der Waals surface area (Å²) in [6.45, 7) is 2.76. The minimum atomic E-state index is 0.326. The predicted octanol–water partition coefficient (Wildman–Crippen LogP) is 3.96. The molecule has 122 valence electrons. The van der Waals surface area contributed by atoms with Crippen LogP contribution in [0.15, 0.2) is 60.8 Å². The second-order valence-corrected chi connectivity index (χ2v) is 5.85. The number of hydrogen-bond donors (Lipinski definition) is 1. The van der Waals surface area contributed by atoms with Crippen LogP contribution >= 0.6 is 12.2 Å². The quantitative estimate of drug-likeness (QED) is 0.692. The summed E-state index contributed by atoms with van der Waals surface area (Å²) >= 11 is 5.21. The highest BCUT2D eigenvalue weighted by Crippen LogP contribution is 2.27. The summed E-state index contributed by atoms with van der Waals surface area (Å²) in [4.78, 5) is 0.326. The van der Waals surface area contributed by atoms with Crippen molar-refractivity contribution in [2.45, 2.75) is 13.3 Å². The molecule has 2 aromatic carbocycles. The highest BCUT2D eigenvalue weighted by Gasteiger charge is 2.15. The van der Waals surface area contributed by atoms with E-state index in [9.17, 15) is 0 Å². The van der Waals surface area contributed by atoms with E-state index in [0.717, 1.165) is 34.7 Å². The number of benzene rings is 2. The van der Waals surface area contributed by atoms with Crippen molar-refractivity contribution >= 4 is 17.2 Å². The van der Waals surface area contributed by atoms with Crippen molar-refractivity contribution in [3.05, 3.63) is 66.4 Å². The third kappa shape index (κ3) is 3.46. The molecule has 0 radical (unpaired) electrons. The van der Waals surface area contributed by atoms with E-state index in [1.165, 1.54) is 0 Å². The fraction of sp³-hybridized carbons (Fsp3) is 0.158. The van der Waals surface area contributed by atoms with Gasteiger partial charge in [-0.2, -0.15) is 5.10 Å². The molecule has 2 N–H and O–H groups in total. The van der Waals surface area contributed by atoms with Crippen molar-refractivity contribution in [3.63, 3.8) is 0 Å². The summed E-state index contributed by atoms with van der Waals surface area (Å²) in [5, 5.41) is 4.69. The lowest BCUT2D eigenvalue weighted by atomic mass is 10.1. The summed E-state index contributed by atoms with van der Waals surface area (Å²) in [5.41, 5.74) is 9.31. The monoisotopic (exact) mass is 337 g/mol. The van der Waals surface area contributed by atoms with Crippen LogP contribution in [-0.4, -0.2) is 21.4 Å². The van der Waals surface area contributed by atoms with Crippen LogP contribution < -0.4 is 10.5 Å². The summed E-state index contributed by atoms with van der Waals surface area (Å²) in [6, 6.07) is 17.7. The molecule has 0 aliphatic heterocycles. The Labute approximate surface area is 146 Å². The van der Waals surface area contributed by atoms with E-state index >= 15 is 0 Å². The maximum absolute atomic E-state index is 5.91. The zero-order valence-electron chi connectivity index (χ0n) is 13.5. The van der Waals surface area contributed by atoms with Crippen molar-refractivity contribution in [2.75, 3.05) is 6.61 Å². The van der Waals surface area contributed by atoms with Gasteiger partial charge >= 0.3 is 0 Å². The molecule has 1 aromatic heterocycles. The van der Waals surface area contributed by atoms with Gasteiger partial charge in [-0.3, -0.25) is 0 Å². The maximum Gasteiger partial charge on any atom is 0.119 e. The van der Waals surface area contributed by atoms with Crippen molar-refractivity contribution in [3.8, 4) is 22.7 Å². The van der Waals surface area contributed by atoms with Crippen LogP contribution in [0.5, 0.6) is 5.75 Å². The molecule has 0 fully saturated rings. The Kier molecular flexibility index (Phi) is 4.91. The first-order valence-corrected chi connectivity index (χ1v) is 8.28. The number of nitrogens with two attached hydrogens (primary N) is 1. The van der Waals surface area contributed by atoms with Gasteiger partial charge in [-0.25, -0.2) is 4.68 Å². The van der Waals surface area contributed by atoms with Crippen LogP contribution in [0.3, 0.4) is 0 Å². The van der Waals surface area contributed by atoms with Gasteiger partial charge in [0.25, 0.3) is 0 Å². The summed E-state index contributed by atoms with van der Waals surface area (Å²) in [5.74, 6) is 0.817. The number of para-hydroxylation sites is 1. The molecule has 0 saturated carbocycles. The number of rotatable bonds is 6. The van der Waals surface area contributed by atoms with Gasteiger partial charge in [-0.15, -0.1) is 0 Å². The summed E-state index contributed by atoms with van der Waals surface area (Å²) in [7, 11) is 0. The smallest absolute Gasteiger partial charge is 0.119 e. The molecule has 0 aliphatic carbocycles. The van der Waals surface area contributed by atoms with Crippen molar-refractivity contribution in [1.82, 2.24) is 9.78 Å². The van der Waals surface area contributed by atoms with E-state index in [1.54, 1.807) is 4.68 Å². The minimum absolute atomic E-state index is 0.326. The lowest BCUT2D eigenvalue weighted by molar-refractivity contribution is 0.317. The molecule has 3 rings (SSSR count). The highest BCUT2D eigenvalue weighted by atomic mass is 32.1. The lowest BCUT2D eigenvalue weighted by Gasteiger charge is -2.06. The number of nitrogens with zero attached hydrogens (tertiary/aromatic N) is 2. The van der Waals surface area contributed by atoms with Crippen LogP contribution in [-0.2, 0) is 0 Å².